The van der Waals surface area contributed by atoms with Crippen molar-refractivity contribution in [2.75, 3.05) is 11.4 Å². The van der Waals surface area contributed by atoms with Gasteiger partial charge in [-0.1, -0.05) is 0 Å². The summed E-state index contributed by atoms with van der Waals surface area (Å²) >= 11 is 0. The quantitative estimate of drug-likeness (QED) is 0.468. The number of nitrogens with zero attached hydrogens (tertiary/aromatic N) is 3. The third-order valence-corrected chi connectivity index (χ3v) is 6.25. The van der Waals surface area contributed by atoms with Crippen LogP contribution in [0.15, 0.2) is 78.0 Å². The first-order valence-corrected chi connectivity index (χ1v) is 10.2. The highest BCUT2D eigenvalue weighted by Crippen LogP contribution is 2.29. The fourth-order valence-electron chi connectivity index (χ4n) is 2.83. The molecule has 1 heterocycles. The van der Waals surface area contributed by atoms with E-state index in [1.54, 1.807) is 24.3 Å². The van der Waals surface area contributed by atoms with Crippen LogP contribution in [0.3, 0.4) is 0 Å². The molecule has 0 N–H and O–H groups in total. The molecule has 0 unspecified atom stereocenters. The number of halogens is 2. The van der Waals surface area contributed by atoms with Crippen molar-refractivity contribution >= 4 is 26.6 Å². The van der Waals surface area contributed by atoms with Gasteiger partial charge in [0.25, 0.3) is 10.0 Å². The smallest absolute Gasteiger partial charge is 0.264 e. The molecule has 0 aliphatic rings. The second kappa shape index (κ2) is 7.68. The molecule has 6 nitrogen and oxygen atoms in total. The molecule has 0 amide bonds. The lowest BCUT2D eigenvalue weighted by Gasteiger charge is -2.19. The minimum absolute atomic E-state index is 0.0267. The largest absolute Gasteiger partial charge is 0.438 e. The Morgan fingerprint density at radius 1 is 0.867 bits per heavy atom. The van der Waals surface area contributed by atoms with E-state index in [4.69, 9.17) is 4.74 Å². The molecule has 1 aromatic heterocycles. The maximum atomic E-state index is 13.6. The van der Waals surface area contributed by atoms with Crippen LogP contribution in [-0.4, -0.2) is 25.4 Å². The summed E-state index contributed by atoms with van der Waals surface area (Å²) < 4.78 is 58.9. The van der Waals surface area contributed by atoms with Crippen molar-refractivity contribution in [3.63, 3.8) is 0 Å². The van der Waals surface area contributed by atoms with Gasteiger partial charge in [0.1, 0.15) is 23.7 Å². The van der Waals surface area contributed by atoms with Gasteiger partial charge in [-0.05, 0) is 66.7 Å². The summed E-state index contributed by atoms with van der Waals surface area (Å²) in [7, 11) is -2.45. The number of hydrogen-bond donors (Lipinski definition) is 0. The molecule has 0 bridgehead atoms. The van der Waals surface area contributed by atoms with Crippen molar-refractivity contribution in [1.82, 2.24) is 9.97 Å². The lowest BCUT2D eigenvalue weighted by atomic mass is 10.2. The summed E-state index contributed by atoms with van der Waals surface area (Å²) in [6.07, 6.45) is 1.31. The third-order valence-electron chi connectivity index (χ3n) is 4.45. The summed E-state index contributed by atoms with van der Waals surface area (Å²) in [5.41, 5.74) is 0.911. The van der Waals surface area contributed by atoms with Gasteiger partial charge in [0, 0.05) is 7.05 Å². The molecule has 0 aliphatic carbocycles. The zero-order valence-corrected chi connectivity index (χ0v) is 16.5. The number of sulfonamides is 1. The zero-order valence-electron chi connectivity index (χ0n) is 15.7. The monoisotopic (exact) mass is 427 g/mol. The van der Waals surface area contributed by atoms with Crippen LogP contribution in [0.2, 0.25) is 0 Å². The topological polar surface area (TPSA) is 72.4 Å². The number of benzene rings is 3. The van der Waals surface area contributed by atoms with Crippen molar-refractivity contribution < 1.29 is 21.9 Å². The predicted molar refractivity (Wildman–Crippen MR) is 108 cm³/mol. The number of hydrogen-bond acceptors (Lipinski definition) is 5. The Bertz CT molecular complexity index is 1310. The van der Waals surface area contributed by atoms with Crippen LogP contribution in [0.1, 0.15) is 0 Å². The van der Waals surface area contributed by atoms with E-state index in [1.165, 1.54) is 43.7 Å². The second-order valence-corrected chi connectivity index (χ2v) is 8.33. The van der Waals surface area contributed by atoms with Crippen LogP contribution >= 0.6 is 0 Å². The first-order valence-electron chi connectivity index (χ1n) is 8.77. The minimum atomic E-state index is -3.85. The van der Waals surface area contributed by atoms with E-state index in [1.807, 2.05) is 0 Å². The number of ether oxygens (including phenoxy) is 1. The van der Waals surface area contributed by atoms with Crippen molar-refractivity contribution in [3.05, 3.63) is 84.7 Å². The summed E-state index contributed by atoms with van der Waals surface area (Å²) in [5.74, 6) is -0.393. The van der Waals surface area contributed by atoms with Crippen LogP contribution < -0.4 is 9.04 Å². The Morgan fingerprint density at radius 3 is 2.23 bits per heavy atom. The van der Waals surface area contributed by atoms with Crippen LogP contribution in [0.25, 0.3) is 10.9 Å². The average Bonchev–Trinajstić information content (AvgIpc) is 2.74. The van der Waals surface area contributed by atoms with Crippen molar-refractivity contribution in [1.29, 1.82) is 0 Å². The molecule has 4 aromatic rings. The lowest BCUT2D eigenvalue weighted by molar-refractivity contribution is 0.468. The fraction of sp³-hybridized carbons (Fsp3) is 0.0476. The van der Waals surface area contributed by atoms with Gasteiger partial charge in [0.05, 0.1) is 21.5 Å². The van der Waals surface area contributed by atoms with Crippen LogP contribution in [-0.2, 0) is 10.0 Å². The van der Waals surface area contributed by atoms with E-state index in [9.17, 15) is 17.2 Å². The molecule has 3 aromatic carbocycles. The van der Waals surface area contributed by atoms with E-state index >= 15 is 0 Å². The molecule has 0 fully saturated rings. The van der Waals surface area contributed by atoms with Gasteiger partial charge in [-0.15, -0.1) is 0 Å². The lowest BCUT2D eigenvalue weighted by Crippen LogP contribution is -2.26. The summed E-state index contributed by atoms with van der Waals surface area (Å²) in [4.78, 5) is 8.09. The van der Waals surface area contributed by atoms with Crippen LogP contribution in [0.4, 0.5) is 14.5 Å². The fourth-order valence-corrected chi connectivity index (χ4v) is 4.02. The van der Waals surface area contributed by atoms with E-state index in [0.29, 0.717) is 22.3 Å². The summed E-state index contributed by atoms with van der Waals surface area (Å²) in [6, 6.07) is 14.9. The summed E-state index contributed by atoms with van der Waals surface area (Å²) in [5, 5.41) is 0.414. The van der Waals surface area contributed by atoms with E-state index in [-0.39, 0.29) is 10.8 Å². The minimum Gasteiger partial charge on any atom is -0.438 e. The van der Waals surface area contributed by atoms with Gasteiger partial charge in [0.15, 0.2) is 0 Å². The Hall–Kier alpha value is -3.59. The zero-order chi connectivity index (χ0) is 21.3. The highest BCUT2D eigenvalue weighted by atomic mass is 32.2. The van der Waals surface area contributed by atoms with Gasteiger partial charge < -0.3 is 4.74 Å². The highest BCUT2D eigenvalue weighted by molar-refractivity contribution is 7.92. The van der Waals surface area contributed by atoms with E-state index in [0.717, 1.165) is 16.4 Å². The number of rotatable bonds is 5. The van der Waals surface area contributed by atoms with Gasteiger partial charge in [-0.25, -0.2) is 27.2 Å². The summed E-state index contributed by atoms with van der Waals surface area (Å²) in [6.45, 7) is 0. The van der Waals surface area contributed by atoms with Crippen LogP contribution in [0.5, 0.6) is 11.6 Å². The Labute approximate surface area is 171 Å². The number of anilines is 1. The van der Waals surface area contributed by atoms with E-state index < -0.39 is 21.7 Å². The number of fused-ring (bicyclic) bond motifs is 1. The van der Waals surface area contributed by atoms with Gasteiger partial charge >= 0.3 is 0 Å². The SMILES string of the molecule is CN(c1ccc(Oc2ncnc3ccc(F)cc23)cc1)S(=O)(=O)c1ccc(F)cc1. The van der Waals surface area contributed by atoms with Crippen molar-refractivity contribution in [2.45, 2.75) is 4.90 Å². The Balaban J connectivity index is 1.59. The molecule has 9 heteroatoms. The molecule has 0 radical (unpaired) electrons. The molecule has 0 atom stereocenters. The molecule has 0 saturated carbocycles. The standard InChI is InChI=1S/C21H15F2N3O3S/c1-26(30(27,28)18-9-2-14(22)3-10-18)16-5-7-17(8-6-16)29-21-19-12-15(23)4-11-20(19)24-13-25-21/h2-13H,1H3. The molecule has 0 aliphatic heterocycles. The average molecular weight is 427 g/mol. The van der Waals surface area contributed by atoms with Crippen LogP contribution in [0, 0.1) is 11.6 Å². The molecule has 0 saturated heterocycles. The van der Waals surface area contributed by atoms with Gasteiger partial charge in [0.2, 0.25) is 5.88 Å². The Morgan fingerprint density at radius 2 is 1.53 bits per heavy atom. The molecule has 0 spiro atoms. The first kappa shape index (κ1) is 19.7. The van der Waals surface area contributed by atoms with Crippen molar-refractivity contribution in [3.8, 4) is 11.6 Å². The Kier molecular flexibility index (Phi) is 5.04. The second-order valence-electron chi connectivity index (χ2n) is 6.36. The third kappa shape index (κ3) is 3.79. The maximum absolute atomic E-state index is 13.6. The molecule has 152 valence electrons. The molecular weight excluding hydrogens is 412 g/mol. The van der Waals surface area contributed by atoms with Gasteiger partial charge in [-0.2, -0.15) is 0 Å². The normalized spacial score (nSPS) is 11.4. The molecule has 30 heavy (non-hydrogen) atoms. The maximum Gasteiger partial charge on any atom is 0.264 e. The first-order chi connectivity index (χ1) is 14.3. The van der Waals surface area contributed by atoms with Gasteiger partial charge in [-0.3, -0.25) is 4.31 Å². The molecular formula is C21H15F2N3O3S. The van der Waals surface area contributed by atoms with Crippen molar-refractivity contribution in [2.24, 2.45) is 0 Å². The highest BCUT2D eigenvalue weighted by Gasteiger charge is 2.21. The molecule has 4 rings (SSSR count). The predicted octanol–water partition coefficient (Wildman–Crippen LogP) is 4.53. The number of aromatic nitrogens is 2. The van der Waals surface area contributed by atoms with E-state index in [2.05, 4.69) is 9.97 Å².